The largest absolute Gasteiger partial charge is 0.391 e. The van der Waals surface area contributed by atoms with E-state index < -0.39 is 0 Å². The van der Waals surface area contributed by atoms with Crippen molar-refractivity contribution in [2.45, 2.75) is 57.6 Å². The first-order chi connectivity index (χ1) is 10.1. The Morgan fingerprint density at radius 3 is 2.52 bits per heavy atom. The van der Waals surface area contributed by atoms with Crippen LogP contribution in [0.4, 0.5) is 0 Å². The van der Waals surface area contributed by atoms with Crippen LogP contribution in [0.25, 0.3) is 0 Å². The van der Waals surface area contributed by atoms with Gasteiger partial charge < -0.3 is 9.84 Å². The molecule has 1 saturated carbocycles. The predicted molar refractivity (Wildman–Crippen MR) is 84.9 cm³/mol. The third-order valence-electron chi connectivity index (χ3n) is 5.17. The molecule has 21 heavy (non-hydrogen) atoms. The van der Waals surface area contributed by atoms with Gasteiger partial charge in [0.05, 0.1) is 30.0 Å². The first kappa shape index (κ1) is 15.4. The van der Waals surface area contributed by atoms with Crippen LogP contribution in [0.1, 0.15) is 41.3 Å². The second-order valence-electron chi connectivity index (χ2n) is 6.38. The lowest BCUT2D eigenvalue weighted by atomic mass is 9.86. The zero-order valence-electron chi connectivity index (χ0n) is 13.1. The minimum absolute atomic E-state index is 0.0444. The quantitative estimate of drug-likeness (QED) is 0.927. The maximum absolute atomic E-state index is 11.0. The van der Waals surface area contributed by atoms with Gasteiger partial charge in [-0.1, -0.05) is 12.8 Å². The molecule has 118 valence electrons. The standard InChI is InChI=1S/C16H26N2O2S/c1-12-13(2)21-15(17-12)11-14(19)16(5-3-4-6-16)18-7-9-20-10-8-18/h14,19H,3-11H2,1-2H3. The van der Waals surface area contributed by atoms with Gasteiger partial charge in [0.25, 0.3) is 0 Å². The lowest BCUT2D eigenvalue weighted by molar-refractivity contribution is -0.0753. The maximum Gasteiger partial charge on any atom is 0.0957 e. The zero-order valence-corrected chi connectivity index (χ0v) is 13.9. The van der Waals surface area contributed by atoms with E-state index in [9.17, 15) is 5.11 Å². The van der Waals surface area contributed by atoms with Crippen molar-refractivity contribution in [3.8, 4) is 0 Å². The molecule has 0 radical (unpaired) electrons. The van der Waals surface area contributed by atoms with Crippen molar-refractivity contribution in [3.05, 3.63) is 15.6 Å². The molecule has 2 fully saturated rings. The minimum Gasteiger partial charge on any atom is -0.391 e. The van der Waals surface area contributed by atoms with E-state index >= 15 is 0 Å². The topological polar surface area (TPSA) is 45.6 Å². The fourth-order valence-corrected chi connectivity index (χ4v) is 4.81. The van der Waals surface area contributed by atoms with E-state index in [-0.39, 0.29) is 11.6 Å². The Morgan fingerprint density at radius 1 is 1.29 bits per heavy atom. The third kappa shape index (κ3) is 3.02. The molecule has 0 spiro atoms. The number of ether oxygens (including phenoxy) is 1. The summed E-state index contributed by atoms with van der Waals surface area (Å²) in [6.07, 6.45) is 5.04. The normalized spacial score (nSPS) is 24.3. The first-order valence-corrected chi connectivity index (χ1v) is 8.87. The Labute approximate surface area is 131 Å². The second-order valence-corrected chi connectivity index (χ2v) is 7.67. The van der Waals surface area contributed by atoms with Gasteiger partial charge in [-0.15, -0.1) is 11.3 Å². The number of aliphatic hydroxyl groups is 1. The summed E-state index contributed by atoms with van der Waals surface area (Å²) in [5.74, 6) is 0. The number of rotatable bonds is 4. The van der Waals surface area contributed by atoms with E-state index in [0.29, 0.717) is 6.42 Å². The Hall–Kier alpha value is -0.490. The average molecular weight is 310 g/mol. The molecule has 1 aliphatic carbocycles. The maximum atomic E-state index is 11.0. The summed E-state index contributed by atoms with van der Waals surface area (Å²) >= 11 is 1.73. The summed E-state index contributed by atoms with van der Waals surface area (Å²) in [6, 6.07) is 0. The summed E-state index contributed by atoms with van der Waals surface area (Å²) in [5, 5.41) is 12.1. The van der Waals surface area contributed by atoms with E-state index in [4.69, 9.17) is 4.74 Å². The number of aromatic nitrogens is 1. The lowest BCUT2D eigenvalue weighted by Gasteiger charge is -2.46. The van der Waals surface area contributed by atoms with Gasteiger partial charge in [-0.2, -0.15) is 0 Å². The van der Waals surface area contributed by atoms with E-state index in [1.165, 1.54) is 17.7 Å². The molecule has 3 rings (SSSR count). The van der Waals surface area contributed by atoms with Gasteiger partial charge in [-0.25, -0.2) is 4.98 Å². The predicted octanol–water partition coefficient (Wildman–Crippen LogP) is 2.31. The van der Waals surface area contributed by atoms with Gasteiger partial charge in [-0.05, 0) is 26.7 Å². The molecule has 4 nitrogen and oxygen atoms in total. The van der Waals surface area contributed by atoms with Crippen molar-refractivity contribution in [1.82, 2.24) is 9.88 Å². The highest BCUT2D eigenvalue weighted by atomic mass is 32.1. The molecule has 1 unspecified atom stereocenters. The van der Waals surface area contributed by atoms with Gasteiger partial charge in [0, 0.05) is 29.9 Å². The summed E-state index contributed by atoms with van der Waals surface area (Å²) in [5.41, 5.74) is 1.06. The van der Waals surface area contributed by atoms with Crippen molar-refractivity contribution < 1.29 is 9.84 Å². The Morgan fingerprint density at radius 2 is 1.95 bits per heavy atom. The minimum atomic E-state index is -0.317. The molecule has 1 N–H and O–H groups in total. The Bertz CT molecular complexity index is 457. The lowest BCUT2D eigenvalue weighted by Crippen LogP contribution is -2.59. The zero-order chi connectivity index (χ0) is 14.9. The number of hydrogen-bond acceptors (Lipinski definition) is 5. The van der Waals surface area contributed by atoms with Crippen LogP contribution in [0.2, 0.25) is 0 Å². The first-order valence-electron chi connectivity index (χ1n) is 8.05. The van der Waals surface area contributed by atoms with Gasteiger partial charge in [0.2, 0.25) is 0 Å². The van der Waals surface area contributed by atoms with Crippen molar-refractivity contribution in [2.75, 3.05) is 26.3 Å². The number of morpholine rings is 1. The van der Waals surface area contributed by atoms with E-state index in [2.05, 4.69) is 23.7 Å². The summed E-state index contributed by atoms with van der Waals surface area (Å²) in [4.78, 5) is 8.37. The van der Waals surface area contributed by atoms with Crippen LogP contribution >= 0.6 is 11.3 Å². The average Bonchev–Trinajstić information content (AvgIpc) is 3.09. The molecule has 5 heteroatoms. The van der Waals surface area contributed by atoms with Crippen molar-refractivity contribution in [1.29, 1.82) is 0 Å². The summed E-state index contributed by atoms with van der Waals surface area (Å²) in [6.45, 7) is 7.65. The van der Waals surface area contributed by atoms with Gasteiger partial charge >= 0.3 is 0 Å². The van der Waals surface area contributed by atoms with Crippen molar-refractivity contribution in [2.24, 2.45) is 0 Å². The van der Waals surface area contributed by atoms with Crippen LogP contribution < -0.4 is 0 Å². The molecule has 1 atom stereocenters. The molecule has 2 heterocycles. The van der Waals surface area contributed by atoms with Crippen molar-refractivity contribution >= 4 is 11.3 Å². The molecule has 0 bridgehead atoms. The van der Waals surface area contributed by atoms with Crippen LogP contribution in [0.15, 0.2) is 0 Å². The number of thiazole rings is 1. The SMILES string of the molecule is Cc1nc(CC(O)C2(N3CCOCC3)CCCC2)sc1C. The van der Waals surface area contributed by atoms with Crippen LogP contribution in [0.3, 0.4) is 0 Å². The number of aliphatic hydroxyl groups excluding tert-OH is 1. The van der Waals surface area contributed by atoms with E-state index in [1.54, 1.807) is 11.3 Å². The molecule has 1 aromatic heterocycles. The highest BCUT2D eigenvalue weighted by Crippen LogP contribution is 2.40. The molecular weight excluding hydrogens is 284 g/mol. The highest BCUT2D eigenvalue weighted by molar-refractivity contribution is 7.11. The molecule has 1 aliphatic heterocycles. The van der Waals surface area contributed by atoms with Crippen LogP contribution in [-0.2, 0) is 11.2 Å². The van der Waals surface area contributed by atoms with Crippen LogP contribution in [0, 0.1) is 13.8 Å². The Balaban J connectivity index is 1.76. The molecule has 1 saturated heterocycles. The molecular formula is C16H26N2O2S. The number of hydrogen-bond donors (Lipinski definition) is 1. The molecule has 0 amide bonds. The van der Waals surface area contributed by atoms with Crippen LogP contribution in [-0.4, -0.2) is 52.9 Å². The molecule has 0 aromatic carbocycles. The van der Waals surface area contributed by atoms with Gasteiger partial charge in [-0.3, -0.25) is 4.90 Å². The molecule has 1 aromatic rings. The van der Waals surface area contributed by atoms with Crippen molar-refractivity contribution in [3.63, 3.8) is 0 Å². The van der Waals surface area contributed by atoms with E-state index in [0.717, 1.165) is 49.8 Å². The van der Waals surface area contributed by atoms with Gasteiger partial charge in [0.15, 0.2) is 0 Å². The number of nitrogens with zero attached hydrogens (tertiary/aromatic N) is 2. The van der Waals surface area contributed by atoms with Gasteiger partial charge in [0.1, 0.15) is 0 Å². The Kier molecular flexibility index (Phi) is 4.64. The fraction of sp³-hybridized carbons (Fsp3) is 0.812. The van der Waals surface area contributed by atoms with Crippen LogP contribution in [0.5, 0.6) is 0 Å². The fourth-order valence-electron chi connectivity index (χ4n) is 3.84. The third-order valence-corrected chi connectivity index (χ3v) is 6.27. The monoisotopic (exact) mass is 310 g/mol. The molecule has 2 aliphatic rings. The number of aryl methyl sites for hydroxylation is 2. The van der Waals surface area contributed by atoms with E-state index in [1.807, 2.05) is 0 Å². The summed E-state index contributed by atoms with van der Waals surface area (Å²) in [7, 11) is 0. The highest BCUT2D eigenvalue weighted by Gasteiger charge is 2.45. The second kappa shape index (κ2) is 6.32. The smallest absolute Gasteiger partial charge is 0.0957 e. The summed E-state index contributed by atoms with van der Waals surface area (Å²) < 4.78 is 5.49.